The summed E-state index contributed by atoms with van der Waals surface area (Å²) in [5.74, 6) is -0.621. The molecule has 3 rings (SSSR count). The van der Waals surface area contributed by atoms with Gasteiger partial charge in [0.15, 0.2) is 5.11 Å². The Morgan fingerprint density at radius 1 is 1.15 bits per heavy atom. The van der Waals surface area contributed by atoms with Crippen molar-refractivity contribution in [2.75, 3.05) is 13.1 Å². The molecule has 0 aromatic heterocycles. The highest BCUT2D eigenvalue weighted by Gasteiger charge is 2.34. The first kappa shape index (κ1) is 24.2. The highest BCUT2D eigenvalue weighted by Crippen LogP contribution is 2.15. The number of carbonyl (C=O) groups excluding carboxylic acids is 3. The van der Waals surface area contributed by atoms with Crippen LogP contribution in [0.5, 0.6) is 5.75 Å². The van der Waals surface area contributed by atoms with E-state index in [1.54, 1.807) is 29.2 Å². The second-order valence-corrected chi connectivity index (χ2v) is 8.19. The minimum Gasteiger partial charge on any atom is -0.491 e. The van der Waals surface area contributed by atoms with Crippen LogP contribution in [-0.2, 0) is 20.9 Å². The van der Waals surface area contributed by atoms with E-state index in [-0.39, 0.29) is 30.2 Å². The van der Waals surface area contributed by atoms with Crippen LogP contribution in [0.2, 0.25) is 0 Å². The van der Waals surface area contributed by atoms with Gasteiger partial charge in [0.1, 0.15) is 18.4 Å². The summed E-state index contributed by atoms with van der Waals surface area (Å²) < 4.78 is 10.9. The summed E-state index contributed by atoms with van der Waals surface area (Å²) in [4.78, 5) is 39.0. The van der Waals surface area contributed by atoms with Crippen molar-refractivity contribution in [3.8, 4) is 5.75 Å². The molecule has 0 spiro atoms. The third-order valence-electron chi connectivity index (χ3n) is 4.90. The highest BCUT2D eigenvalue weighted by molar-refractivity contribution is 7.80. The smallest absolute Gasteiger partial charge is 0.308 e. The molecule has 1 aliphatic heterocycles. The lowest BCUT2D eigenvalue weighted by Gasteiger charge is -2.36. The normalized spacial score (nSPS) is 15.5. The lowest BCUT2D eigenvalue weighted by molar-refractivity contribution is -0.148. The molecular weight excluding hydrogens is 442 g/mol. The lowest BCUT2D eigenvalue weighted by atomic mass is 10.1. The second kappa shape index (κ2) is 11.4. The van der Waals surface area contributed by atoms with Gasteiger partial charge in [-0.2, -0.15) is 0 Å². The number of carbonyl (C=O) groups is 3. The van der Waals surface area contributed by atoms with Crippen LogP contribution < -0.4 is 15.4 Å². The fourth-order valence-electron chi connectivity index (χ4n) is 3.31. The summed E-state index contributed by atoms with van der Waals surface area (Å²) in [5, 5.41) is 5.46. The summed E-state index contributed by atoms with van der Waals surface area (Å²) in [7, 11) is 0. The monoisotopic (exact) mass is 469 g/mol. The standard InChI is InChI=1S/C24H27N3O5S/c1-16(2)32-19-10-8-18(9-11-19)22(29)26-24(33)27-13-12-25-23(30)20(27)14-21(28)31-15-17-6-4-3-5-7-17/h3-11,16,20H,12-15H2,1-2H3,(H,25,30)(H,26,29,33). The van der Waals surface area contributed by atoms with Gasteiger partial charge in [0.05, 0.1) is 12.5 Å². The fraction of sp³-hybridized carbons (Fsp3) is 0.333. The molecule has 1 aliphatic rings. The van der Waals surface area contributed by atoms with Gasteiger partial charge in [-0.05, 0) is 55.9 Å². The Morgan fingerprint density at radius 3 is 2.52 bits per heavy atom. The maximum Gasteiger partial charge on any atom is 0.308 e. The van der Waals surface area contributed by atoms with Crippen molar-refractivity contribution < 1.29 is 23.9 Å². The third kappa shape index (κ3) is 7.01. The molecular formula is C24H27N3O5S. The molecule has 9 heteroatoms. The van der Waals surface area contributed by atoms with E-state index in [9.17, 15) is 14.4 Å². The van der Waals surface area contributed by atoms with Crippen molar-refractivity contribution in [3.63, 3.8) is 0 Å². The summed E-state index contributed by atoms with van der Waals surface area (Å²) >= 11 is 5.39. The van der Waals surface area contributed by atoms with Crippen LogP contribution in [0.3, 0.4) is 0 Å². The average Bonchev–Trinajstić information content (AvgIpc) is 2.79. The van der Waals surface area contributed by atoms with Crippen molar-refractivity contribution in [1.29, 1.82) is 0 Å². The predicted molar refractivity (Wildman–Crippen MR) is 127 cm³/mol. The molecule has 2 aromatic rings. The molecule has 1 unspecified atom stereocenters. The van der Waals surface area contributed by atoms with Crippen LogP contribution in [0.15, 0.2) is 54.6 Å². The van der Waals surface area contributed by atoms with Gasteiger partial charge in [-0.25, -0.2) is 0 Å². The first-order valence-electron chi connectivity index (χ1n) is 10.7. The largest absolute Gasteiger partial charge is 0.491 e. The molecule has 2 N–H and O–H groups in total. The zero-order valence-corrected chi connectivity index (χ0v) is 19.4. The van der Waals surface area contributed by atoms with Crippen LogP contribution in [0.4, 0.5) is 0 Å². The van der Waals surface area contributed by atoms with Crippen molar-refractivity contribution in [2.45, 2.75) is 39.0 Å². The molecule has 1 saturated heterocycles. The lowest BCUT2D eigenvalue weighted by Crippen LogP contribution is -2.60. The Labute approximate surface area is 198 Å². The van der Waals surface area contributed by atoms with E-state index in [0.717, 1.165) is 5.56 Å². The van der Waals surface area contributed by atoms with E-state index in [1.165, 1.54) is 0 Å². The Morgan fingerprint density at radius 2 is 1.85 bits per heavy atom. The van der Waals surface area contributed by atoms with Crippen molar-refractivity contribution in [2.24, 2.45) is 0 Å². The number of hydrogen-bond donors (Lipinski definition) is 2. The molecule has 0 aliphatic carbocycles. The van der Waals surface area contributed by atoms with E-state index >= 15 is 0 Å². The number of ether oxygens (including phenoxy) is 2. The van der Waals surface area contributed by atoms with Gasteiger partial charge in [0.2, 0.25) is 5.91 Å². The van der Waals surface area contributed by atoms with Gasteiger partial charge >= 0.3 is 5.97 Å². The van der Waals surface area contributed by atoms with Gasteiger partial charge in [0.25, 0.3) is 5.91 Å². The van der Waals surface area contributed by atoms with Gasteiger partial charge < -0.3 is 19.7 Å². The summed E-state index contributed by atoms with van der Waals surface area (Å²) in [6.07, 6.45) is -0.158. The topological polar surface area (TPSA) is 97.0 Å². The van der Waals surface area contributed by atoms with Gasteiger partial charge in [0, 0.05) is 18.7 Å². The molecule has 1 fully saturated rings. The van der Waals surface area contributed by atoms with Crippen LogP contribution in [0.1, 0.15) is 36.2 Å². The second-order valence-electron chi connectivity index (χ2n) is 7.80. The van der Waals surface area contributed by atoms with Gasteiger partial charge in [-0.3, -0.25) is 19.7 Å². The van der Waals surface area contributed by atoms with E-state index in [1.807, 2.05) is 44.2 Å². The molecule has 1 atom stereocenters. The molecule has 2 aromatic carbocycles. The molecule has 2 amide bonds. The minimum atomic E-state index is -0.864. The summed E-state index contributed by atoms with van der Waals surface area (Å²) in [5.41, 5.74) is 1.25. The molecule has 33 heavy (non-hydrogen) atoms. The fourth-order valence-corrected chi connectivity index (χ4v) is 3.62. The Balaban J connectivity index is 1.59. The zero-order chi connectivity index (χ0) is 23.8. The van der Waals surface area contributed by atoms with Crippen molar-refractivity contribution >= 4 is 35.1 Å². The number of rotatable bonds is 7. The molecule has 174 valence electrons. The van der Waals surface area contributed by atoms with Crippen LogP contribution in [0, 0.1) is 0 Å². The number of nitrogens with one attached hydrogen (secondary N) is 2. The Kier molecular flexibility index (Phi) is 8.37. The number of hydrogen-bond acceptors (Lipinski definition) is 6. The Bertz CT molecular complexity index is 995. The maximum atomic E-state index is 12.6. The molecule has 0 saturated carbocycles. The molecule has 0 bridgehead atoms. The van der Waals surface area contributed by atoms with Crippen LogP contribution >= 0.6 is 12.2 Å². The molecule has 1 heterocycles. The van der Waals surface area contributed by atoms with Crippen LogP contribution in [0.25, 0.3) is 0 Å². The van der Waals surface area contributed by atoms with Gasteiger partial charge in [-0.1, -0.05) is 30.3 Å². The van der Waals surface area contributed by atoms with E-state index in [4.69, 9.17) is 21.7 Å². The van der Waals surface area contributed by atoms with E-state index in [0.29, 0.717) is 24.4 Å². The number of benzene rings is 2. The number of thiocarbonyl (C=S) groups is 1. The molecule has 8 nitrogen and oxygen atoms in total. The summed E-state index contributed by atoms with van der Waals surface area (Å²) in [6, 6.07) is 15.1. The van der Waals surface area contributed by atoms with E-state index < -0.39 is 17.9 Å². The average molecular weight is 470 g/mol. The third-order valence-corrected chi connectivity index (χ3v) is 5.24. The minimum absolute atomic E-state index is 0.0267. The number of esters is 1. The van der Waals surface area contributed by atoms with Crippen LogP contribution in [-0.4, -0.2) is 53.0 Å². The Hall–Kier alpha value is -3.46. The van der Waals surface area contributed by atoms with E-state index in [2.05, 4.69) is 10.6 Å². The number of amides is 2. The highest BCUT2D eigenvalue weighted by atomic mass is 32.1. The SMILES string of the molecule is CC(C)Oc1ccc(C(=O)NC(=S)N2CCNC(=O)C2CC(=O)OCc2ccccc2)cc1. The zero-order valence-electron chi connectivity index (χ0n) is 18.6. The first-order chi connectivity index (χ1) is 15.8. The van der Waals surface area contributed by atoms with Gasteiger partial charge in [-0.15, -0.1) is 0 Å². The number of piperazine rings is 1. The predicted octanol–water partition coefficient (Wildman–Crippen LogP) is 2.42. The quantitative estimate of drug-likeness (QED) is 0.475. The van der Waals surface area contributed by atoms with Crippen molar-refractivity contribution in [1.82, 2.24) is 15.5 Å². The maximum absolute atomic E-state index is 12.6. The first-order valence-corrected chi connectivity index (χ1v) is 11.1. The number of nitrogens with zero attached hydrogens (tertiary/aromatic N) is 1. The molecule has 0 radical (unpaired) electrons. The van der Waals surface area contributed by atoms with Crippen molar-refractivity contribution in [3.05, 3.63) is 65.7 Å². The summed E-state index contributed by atoms with van der Waals surface area (Å²) in [6.45, 7) is 4.67.